The predicted octanol–water partition coefficient (Wildman–Crippen LogP) is 3.63. The number of fused-ring (bicyclic) bond motifs is 4. The average Bonchev–Trinajstić information content (AvgIpc) is 4.13. The van der Waals surface area contributed by atoms with Gasteiger partial charge in [-0.15, -0.1) is 0 Å². The molecule has 6 aromatic heterocycles. The van der Waals surface area contributed by atoms with Gasteiger partial charge in [-0.1, -0.05) is 19.1 Å². The van der Waals surface area contributed by atoms with Crippen LogP contribution in [0.25, 0.3) is 44.6 Å². The zero-order valence-electron chi connectivity index (χ0n) is 38.0. The lowest BCUT2D eigenvalue weighted by molar-refractivity contribution is -0.138. The van der Waals surface area contributed by atoms with Crippen LogP contribution in [0.2, 0.25) is 0 Å². The van der Waals surface area contributed by atoms with Gasteiger partial charge in [0.25, 0.3) is 23.6 Å². The first-order valence-corrected chi connectivity index (χ1v) is 21.8. The van der Waals surface area contributed by atoms with Crippen LogP contribution in [0.4, 0.5) is 5.95 Å². The van der Waals surface area contributed by atoms with E-state index in [-0.39, 0.29) is 73.8 Å². The fraction of sp³-hybridized carbons (Fsp3) is 0.304. The van der Waals surface area contributed by atoms with Crippen molar-refractivity contribution in [3.05, 3.63) is 95.1 Å². The van der Waals surface area contributed by atoms with Crippen molar-refractivity contribution in [2.75, 3.05) is 32.1 Å². The van der Waals surface area contributed by atoms with Crippen molar-refractivity contribution in [2.24, 2.45) is 11.5 Å². The Morgan fingerprint density at radius 1 is 0.926 bits per heavy atom. The van der Waals surface area contributed by atoms with Crippen LogP contribution in [-0.2, 0) is 40.4 Å². The summed E-state index contributed by atoms with van der Waals surface area (Å²) < 4.78 is 17.5. The Kier molecular flexibility index (Phi) is 12.9. The number of imidazole rings is 1. The zero-order chi connectivity index (χ0) is 48.4. The third-order valence-electron chi connectivity index (χ3n) is 11.3. The fourth-order valence-corrected chi connectivity index (χ4v) is 7.96. The second-order valence-corrected chi connectivity index (χ2v) is 15.9. The number of hydrogen-bond acceptors (Lipinski definition) is 14. The topological polar surface area (TPSA) is 287 Å². The standard InChI is InChI=1S/C46H48N14O8/c1-6-29-40(68-26(4)50-29)45(66)54-46-52-31-22-27(41(47)64)23-34(67-20-10-16-56(5)35(61)15-19-58-36(62)13-14-37(58)63)39(31)59(46)18-9-8-17-57-32-12-11-30(42(48)65)51-38(32)28-24-49-43(53-44(28)57)33-21-25(3)55-60(33)7-2/h8-9,11-14,21-24H,6-7,10,15-20H2,1-5H3,(H2,47,64)(H2,48,65)(H,52,54,66)/b9-8+. The van der Waals surface area contributed by atoms with E-state index in [2.05, 4.69) is 25.4 Å². The van der Waals surface area contributed by atoms with Gasteiger partial charge < -0.3 is 34.7 Å². The van der Waals surface area contributed by atoms with Crippen LogP contribution in [0, 0.1) is 13.8 Å². The number of aryl methyl sites for hydroxylation is 4. The predicted molar refractivity (Wildman–Crippen MR) is 247 cm³/mol. The number of carbonyl (C=O) groups excluding carboxylic acids is 6. The fourth-order valence-electron chi connectivity index (χ4n) is 7.96. The third-order valence-corrected chi connectivity index (χ3v) is 11.3. The number of imide groups is 1. The van der Waals surface area contributed by atoms with E-state index >= 15 is 0 Å². The van der Waals surface area contributed by atoms with Gasteiger partial charge in [0.05, 0.1) is 34.4 Å². The maximum atomic E-state index is 13.8. The number of ether oxygens (including phenoxy) is 1. The van der Waals surface area contributed by atoms with E-state index in [1.165, 1.54) is 29.2 Å². The van der Waals surface area contributed by atoms with Crippen molar-refractivity contribution in [3.63, 3.8) is 0 Å². The lowest BCUT2D eigenvalue weighted by Gasteiger charge is -2.19. The molecule has 5 N–H and O–H groups in total. The number of nitrogens with two attached hydrogens (primary N) is 2. The van der Waals surface area contributed by atoms with Crippen LogP contribution in [0.3, 0.4) is 0 Å². The van der Waals surface area contributed by atoms with Gasteiger partial charge in [0.15, 0.2) is 11.7 Å². The van der Waals surface area contributed by atoms with Crippen LogP contribution >= 0.6 is 0 Å². The molecule has 0 saturated carbocycles. The second kappa shape index (κ2) is 19.1. The van der Waals surface area contributed by atoms with E-state index < -0.39 is 29.5 Å². The van der Waals surface area contributed by atoms with E-state index in [1.54, 1.807) is 36.9 Å². The molecule has 1 aliphatic rings. The first-order chi connectivity index (χ1) is 32.6. The molecule has 0 unspecified atom stereocenters. The van der Waals surface area contributed by atoms with Gasteiger partial charge in [-0.3, -0.25) is 43.7 Å². The van der Waals surface area contributed by atoms with Crippen molar-refractivity contribution >= 4 is 74.5 Å². The number of pyridine rings is 1. The molecule has 1 aromatic carbocycles. The number of nitrogens with one attached hydrogen (secondary N) is 1. The number of hydrogen-bond donors (Lipinski definition) is 3. The van der Waals surface area contributed by atoms with E-state index in [0.717, 1.165) is 16.3 Å². The van der Waals surface area contributed by atoms with Crippen molar-refractivity contribution in [2.45, 2.75) is 66.6 Å². The number of primary amides is 2. The monoisotopic (exact) mass is 924 g/mol. The SMILES string of the molecule is CCc1nc(C)oc1C(=O)Nc1nc2cc(C(N)=O)cc(OCCCN(C)C(=O)CCN3C(=O)C=CC3=O)c2n1C/C=C/Cn1c2ccc(C(N)=O)nc2c2cnc(-c3cc(C)nn3CC)nc21. The Labute approximate surface area is 387 Å². The molecule has 1 aliphatic heterocycles. The summed E-state index contributed by atoms with van der Waals surface area (Å²) in [5.74, 6) is -2.05. The minimum atomic E-state index is -0.734. The van der Waals surface area contributed by atoms with E-state index in [0.29, 0.717) is 69.9 Å². The number of allylic oxidation sites excluding steroid dienone is 2. The van der Waals surface area contributed by atoms with Crippen molar-refractivity contribution in [3.8, 4) is 17.3 Å². The Morgan fingerprint density at radius 2 is 1.68 bits per heavy atom. The van der Waals surface area contributed by atoms with Crippen LogP contribution in [0.1, 0.15) is 75.4 Å². The van der Waals surface area contributed by atoms with E-state index in [4.69, 9.17) is 30.6 Å². The average molecular weight is 925 g/mol. The highest BCUT2D eigenvalue weighted by atomic mass is 16.5. The maximum Gasteiger partial charge on any atom is 0.295 e. The molecular weight excluding hydrogens is 877 g/mol. The number of oxazole rings is 1. The largest absolute Gasteiger partial charge is 0.491 e. The van der Waals surface area contributed by atoms with E-state index in [1.807, 2.05) is 48.2 Å². The Hall–Kier alpha value is -8.56. The number of amides is 6. The highest BCUT2D eigenvalue weighted by molar-refractivity contribution is 6.13. The highest BCUT2D eigenvalue weighted by Gasteiger charge is 2.26. The molecule has 22 heteroatoms. The van der Waals surface area contributed by atoms with Crippen LogP contribution < -0.4 is 21.5 Å². The molecule has 0 saturated heterocycles. The van der Waals surface area contributed by atoms with Gasteiger partial charge >= 0.3 is 0 Å². The normalized spacial score (nSPS) is 12.7. The Balaban J connectivity index is 1.11. The number of carbonyl (C=O) groups is 6. The third kappa shape index (κ3) is 9.15. The molecule has 350 valence electrons. The van der Waals surface area contributed by atoms with Gasteiger partial charge in [0.2, 0.25) is 23.5 Å². The lowest BCUT2D eigenvalue weighted by Crippen LogP contribution is -2.36. The molecule has 7 aromatic rings. The summed E-state index contributed by atoms with van der Waals surface area (Å²) in [5.41, 5.74) is 16.0. The summed E-state index contributed by atoms with van der Waals surface area (Å²) in [6, 6.07) is 8.22. The molecular formula is C46H48N14O8. The van der Waals surface area contributed by atoms with Gasteiger partial charge in [-0.2, -0.15) is 5.10 Å². The van der Waals surface area contributed by atoms with Crippen LogP contribution in [0.5, 0.6) is 5.75 Å². The lowest BCUT2D eigenvalue weighted by atomic mass is 10.1. The van der Waals surface area contributed by atoms with Crippen LogP contribution in [0.15, 0.2) is 65.2 Å². The molecule has 7 heterocycles. The zero-order valence-corrected chi connectivity index (χ0v) is 38.0. The molecule has 8 rings (SSSR count). The molecule has 6 amide bonds. The van der Waals surface area contributed by atoms with Gasteiger partial charge in [-0.25, -0.2) is 24.9 Å². The molecule has 0 atom stereocenters. The molecule has 0 bridgehead atoms. The summed E-state index contributed by atoms with van der Waals surface area (Å²) in [5, 5.41) is 8.03. The second-order valence-electron chi connectivity index (χ2n) is 15.9. The minimum absolute atomic E-state index is 0.0281. The Morgan fingerprint density at radius 3 is 2.38 bits per heavy atom. The molecule has 68 heavy (non-hydrogen) atoms. The minimum Gasteiger partial charge on any atom is -0.491 e. The van der Waals surface area contributed by atoms with Gasteiger partial charge in [0.1, 0.15) is 33.8 Å². The molecule has 0 spiro atoms. The van der Waals surface area contributed by atoms with Crippen molar-refractivity contribution < 1.29 is 37.9 Å². The summed E-state index contributed by atoms with van der Waals surface area (Å²) >= 11 is 0. The summed E-state index contributed by atoms with van der Waals surface area (Å²) in [6.07, 6.45) is 8.51. The van der Waals surface area contributed by atoms with Gasteiger partial charge in [0, 0.05) is 77.0 Å². The van der Waals surface area contributed by atoms with Gasteiger partial charge in [-0.05, 0) is 57.0 Å². The van der Waals surface area contributed by atoms with Crippen molar-refractivity contribution in [1.82, 2.24) is 53.6 Å². The maximum absolute atomic E-state index is 13.8. The highest BCUT2D eigenvalue weighted by Crippen LogP contribution is 2.33. The number of benzene rings is 1. The number of anilines is 1. The first-order valence-electron chi connectivity index (χ1n) is 21.8. The quantitative estimate of drug-likeness (QED) is 0.0593. The Bertz CT molecular complexity index is 3230. The summed E-state index contributed by atoms with van der Waals surface area (Å²) in [4.78, 5) is 101. The number of rotatable bonds is 19. The van der Waals surface area contributed by atoms with Crippen LogP contribution in [-0.4, -0.2) is 116 Å². The number of aromatic nitrogens is 9. The number of nitrogens with zero attached hydrogens (tertiary/aromatic N) is 11. The smallest absolute Gasteiger partial charge is 0.295 e. The summed E-state index contributed by atoms with van der Waals surface area (Å²) in [7, 11) is 1.61. The molecule has 0 radical (unpaired) electrons. The van der Waals surface area contributed by atoms with E-state index in [9.17, 15) is 28.8 Å². The molecule has 0 fully saturated rings. The van der Waals surface area contributed by atoms with Crippen molar-refractivity contribution in [1.29, 1.82) is 0 Å². The molecule has 22 nitrogen and oxygen atoms in total. The first kappa shape index (κ1) is 46.0. The molecule has 0 aliphatic carbocycles. The summed E-state index contributed by atoms with van der Waals surface area (Å²) in [6.45, 7) is 8.69.